The van der Waals surface area contributed by atoms with Crippen molar-refractivity contribution in [2.75, 3.05) is 25.1 Å². The zero-order valence-electron chi connectivity index (χ0n) is 13.3. The van der Waals surface area contributed by atoms with Gasteiger partial charge in [-0.3, -0.25) is 4.79 Å². The molecule has 1 aromatic rings. The topological polar surface area (TPSA) is 101 Å². The highest BCUT2D eigenvalue weighted by atomic mass is 32.2. The van der Waals surface area contributed by atoms with E-state index in [9.17, 15) is 21.6 Å². The summed E-state index contributed by atoms with van der Waals surface area (Å²) in [5.41, 5.74) is 0.335. The molecule has 0 spiro atoms. The Morgan fingerprint density at radius 3 is 2.50 bits per heavy atom. The van der Waals surface area contributed by atoms with Gasteiger partial charge in [0.05, 0.1) is 16.4 Å². The smallest absolute Gasteiger partial charge is 0.251 e. The molecule has 1 fully saturated rings. The summed E-state index contributed by atoms with van der Waals surface area (Å²) in [7, 11) is -5.61. The molecule has 1 aliphatic rings. The Hall–Kier alpha value is -1.71. The Bertz CT molecular complexity index is 829. The third-order valence-electron chi connectivity index (χ3n) is 3.92. The lowest BCUT2D eigenvalue weighted by molar-refractivity contribution is 0.0958. The maximum Gasteiger partial charge on any atom is 0.251 e. The van der Waals surface area contributed by atoms with E-state index >= 15 is 0 Å². The van der Waals surface area contributed by atoms with Crippen LogP contribution in [0.4, 0.5) is 0 Å². The summed E-state index contributed by atoms with van der Waals surface area (Å²) < 4.78 is 49.4. The van der Waals surface area contributed by atoms with Gasteiger partial charge in [0, 0.05) is 25.2 Å². The van der Waals surface area contributed by atoms with E-state index in [2.05, 4.69) is 11.9 Å². The van der Waals surface area contributed by atoms with Crippen LogP contribution in [-0.4, -0.2) is 58.2 Å². The number of hydrogen-bond donors (Lipinski definition) is 1. The van der Waals surface area contributed by atoms with Crippen LogP contribution in [0.25, 0.3) is 0 Å². The predicted molar refractivity (Wildman–Crippen MR) is 91.0 cm³/mol. The van der Waals surface area contributed by atoms with Crippen LogP contribution in [0.5, 0.6) is 0 Å². The summed E-state index contributed by atoms with van der Waals surface area (Å²) in [5.74, 6) is -0.487. The summed E-state index contributed by atoms with van der Waals surface area (Å²) in [6.45, 7) is 3.81. The molecule has 1 saturated heterocycles. The monoisotopic (exact) mass is 372 g/mol. The second-order valence-electron chi connectivity index (χ2n) is 5.60. The van der Waals surface area contributed by atoms with Gasteiger partial charge in [0.25, 0.3) is 5.91 Å². The lowest BCUT2D eigenvalue weighted by Crippen LogP contribution is -2.37. The largest absolute Gasteiger partial charge is 0.349 e. The molecule has 1 heterocycles. The number of amides is 1. The van der Waals surface area contributed by atoms with Gasteiger partial charge in [0.1, 0.15) is 0 Å². The minimum absolute atomic E-state index is 0.0000603. The molecule has 1 aromatic carbocycles. The van der Waals surface area contributed by atoms with E-state index in [-0.39, 0.29) is 22.3 Å². The first-order chi connectivity index (χ1) is 11.2. The SMILES string of the molecule is C=CCNC(=O)c1ccc(S(=O)(=O)N(C)C2CCS(=O)(=O)C2)cc1. The van der Waals surface area contributed by atoms with Gasteiger partial charge in [-0.25, -0.2) is 16.8 Å². The lowest BCUT2D eigenvalue weighted by Gasteiger charge is -2.22. The Balaban J connectivity index is 2.17. The van der Waals surface area contributed by atoms with Crippen molar-refractivity contribution in [3.05, 3.63) is 42.5 Å². The number of carbonyl (C=O) groups is 1. The van der Waals surface area contributed by atoms with E-state index in [1.54, 1.807) is 6.08 Å². The molecular formula is C15H20N2O5S2. The average Bonchev–Trinajstić information content (AvgIpc) is 2.91. The van der Waals surface area contributed by atoms with Gasteiger partial charge < -0.3 is 5.32 Å². The second kappa shape index (κ2) is 7.04. The van der Waals surface area contributed by atoms with Gasteiger partial charge in [-0.05, 0) is 30.7 Å². The van der Waals surface area contributed by atoms with Gasteiger partial charge in [-0.1, -0.05) is 6.08 Å². The maximum absolute atomic E-state index is 12.6. The molecule has 1 atom stereocenters. The number of sulfonamides is 1. The quantitative estimate of drug-likeness (QED) is 0.729. The summed E-state index contributed by atoms with van der Waals surface area (Å²) in [6.07, 6.45) is 1.83. The number of nitrogens with one attached hydrogen (secondary N) is 1. The Kier molecular flexibility index (Phi) is 5.46. The van der Waals surface area contributed by atoms with Gasteiger partial charge >= 0.3 is 0 Å². The van der Waals surface area contributed by atoms with Crippen molar-refractivity contribution in [2.45, 2.75) is 17.4 Å². The molecule has 0 radical (unpaired) electrons. The fourth-order valence-electron chi connectivity index (χ4n) is 2.47. The van der Waals surface area contributed by atoms with Crippen LogP contribution >= 0.6 is 0 Å². The van der Waals surface area contributed by atoms with E-state index in [1.165, 1.54) is 31.3 Å². The average molecular weight is 372 g/mol. The third kappa shape index (κ3) is 4.03. The van der Waals surface area contributed by atoms with Crippen molar-refractivity contribution in [2.24, 2.45) is 0 Å². The van der Waals surface area contributed by atoms with Gasteiger partial charge in [-0.15, -0.1) is 6.58 Å². The van der Waals surface area contributed by atoms with E-state index < -0.39 is 25.9 Å². The Labute approximate surface area is 142 Å². The van der Waals surface area contributed by atoms with Crippen LogP contribution in [-0.2, 0) is 19.9 Å². The van der Waals surface area contributed by atoms with Crippen LogP contribution < -0.4 is 5.32 Å². The highest BCUT2D eigenvalue weighted by molar-refractivity contribution is 7.92. The molecular weight excluding hydrogens is 352 g/mol. The van der Waals surface area contributed by atoms with Crippen LogP contribution in [0, 0.1) is 0 Å². The molecule has 24 heavy (non-hydrogen) atoms. The molecule has 7 nitrogen and oxygen atoms in total. The fraction of sp³-hybridized carbons (Fsp3) is 0.400. The van der Waals surface area contributed by atoms with E-state index in [0.717, 1.165) is 4.31 Å². The standard InChI is InChI=1S/C15H20N2O5S2/c1-3-9-16-15(18)12-4-6-14(7-5-12)24(21,22)17(2)13-8-10-23(19,20)11-13/h3-7,13H,1,8-11H2,2H3,(H,16,18). The zero-order chi connectivity index (χ0) is 18.0. The maximum atomic E-state index is 12.6. The Morgan fingerprint density at radius 2 is 2.00 bits per heavy atom. The summed E-state index contributed by atoms with van der Waals surface area (Å²) >= 11 is 0. The molecule has 1 aliphatic heterocycles. The zero-order valence-corrected chi connectivity index (χ0v) is 14.9. The van der Waals surface area contributed by atoms with E-state index in [4.69, 9.17) is 0 Å². The van der Waals surface area contributed by atoms with Crippen LogP contribution in [0.1, 0.15) is 16.8 Å². The minimum Gasteiger partial charge on any atom is -0.349 e. The van der Waals surface area contributed by atoms with Gasteiger partial charge in [-0.2, -0.15) is 4.31 Å². The first-order valence-electron chi connectivity index (χ1n) is 7.35. The highest BCUT2D eigenvalue weighted by Gasteiger charge is 2.36. The number of benzene rings is 1. The molecule has 132 valence electrons. The highest BCUT2D eigenvalue weighted by Crippen LogP contribution is 2.23. The predicted octanol–water partition coefficient (Wildman–Crippen LogP) is 0.410. The summed E-state index contributed by atoms with van der Waals surface area (Å²) in [6, 6.07) is 4.97. The van der Waals surface area contributed by atoms with Crippen LogP contribution in [0.2, 0.25) is 0 Å². The molecule has 1 unspecified atom stereocenters. The molecule has 0 aliphatic carbocycles. The number of nitrogens with zero attached hydrogens (tertiary/aromatic N) is 1. The third-order valence-corrected chi connectivity index (χ3v) is 7.60. The fourth-order valence-corrected chi connectivity index (χ4v) is 5.72. The Morgan fingerprint density at radius 1 is 1.38 bits per heavy atom. The lowest BCUT2D eigenvalue weighted by atomic mass is 10.2. The molecule has 0 bridgehead atoms. The normalized spacial score (nSPS) is 20.0. The molecule has 0 aromatic heterocycles. The molecule has 0 saturated carbocycles. The van der Waals surface area contributed by atoms with Crippen molar-refractivity contribution in [1.82, 2.24) is 9.62 Å². The molecule has 2 rings (SSSR count). The van der Waals surface area contributed by atoms with Gasteiger partial charge in [0.2, 0.25) is 10.0 Å². The molecule has 1 N–H and O–H groups in total. The van der Waals surface area contributed by atoms with Crippen molar-refractivity contribution >= 4 is 25.8 Å². The van der Waals surface area contributed by atoms with Crippen molar-refractivity contribution in [3.8, 4) is 0 Å². The minimum atomic E-state index is -3.81. The second-order valence-corrected chi connectivity index (χ2v) is 9.83. The number of hydrogen-bond acceptors (Lipinski definition) is 5. The first-order valence-corrected chi connectivity index (χ1v) is 10.6. The first kappa shape index (κ1) is 18.6. The number of sulfone groups is 1. The van der Waals surface area contributed by atoms with Crippen LogP contribution in [0.3, 0.4) is 0 Å². The van der Waals surface area contributed by atoms with Crippen molar-refractivity contribution in [1.29, 1.82) is 0 Å². The van der Waals surface area contributed by atoms with E-state index in [0.29, 0.717) is 18.5 Å². The molecule has 9 heteroatoms. The van der Waals surface area contributed by atoms with Crippen LogP contribution in [0.15, 0.2) is 41.8 Å². The molecule has 1 amide bonds. The van der Waals surface area contributed by atoms with Gasteiger partial charge in [0.15, 0.2) is 9.84 Å². The summed E-state index contributed by atoms with van der Waals surface area (Å²) in [5, 5.41) is 2.60. The summed E-state index contributed by atoms with van der Waals surface area (Å²) in [4.78, 5) is 11.8. The number of rotatable bonds is 6. The number of carbonyl (C=O) groups excluding carboxylic acids is 1. The van der Waals surface area contributed by atoms with Crippen molar-refractivity contribution in [3.63, 3.8) is 0 Å². The van der Waals surface area contributed by atoms with Crippen molar-refractivity contribution < 1.29 is 21.6 Å². The van der Waals surface area contributed by atoms with E-state index in [1.807, 2.05) is 0 Å².